The van der Waals surface area contributed by atoms with Crippen molar-refractivity contribution in [1.29, 1.82) is 0 Å². The van der Waals surface area contributed by atoms with Crippen molar-refractivity contribution in [3.63, 3.8) is 0 Å². The number of likely N-dealkylation sites (tertiary alicyclic amines) is 1. The van der Waals surface area contributed by atoms with E-state index in [2.05, 4.69) is 37.9 Å². The molecule has 0 aromatic heterocycles. The highest BCUT2D eigenvalue weighted by Gasteiger charge is 2.16. The molecule has 16 heavy (non-hydrogen) atoms. The highest BCUT2D eigenvalue weighted by molar-refractivity contribution is 4.73. The molecular weight excluding hydrogens is 196 g/mol. The lowest BCUT2D eigenvalue weighted by atomic mass is 10.00. The Bertz CT molecular complexity index is 180. The highest BCUT2D eigenvalue weighted by Crippen LogP contribution is 2.14. The van der Waals surface area contributed by atoms with Gasteiger partial charge in [-0.1, -0.05) is 27.7 Å². The number of hydrogen-bond acceptors (Lipinski definition) is 2. The molecule has 0 spiro atoms. The number of piperidine rings is 1. The van der Waals surface area contributed by atoms with Gasteiger partial charge in [-0.2, -0.15) is 0 Å². The molecule has 96 valence electrons. The second-order valence-corrected chi connectivity index (χ2v) is 5.76. The van der Waals surface area contributed by atoms with Crippen LogP contribution in [-0.2, 0) is 0 Å². The van der Waals surface area contributed by atoms with Crippen LogP contribution in [0.1, 0.15) is 47.0 Å². The third kappa shape index (κ3) is 4.84. The summed E-state index contributed by atoms with van der Waals surface area (Å²) < 4.78 is 0. The molecule has 1 aliphatic heterocycles. The zero-order chi connectivity index (χ0) is 12.0. The fourth-order valence-corrected chi connectivity index (χ4v) is 2.75. The van der Waals surface area contributed by atoms with Gasteiger partial charge >= 0.3 is 0 Å². The molecule has 0 aliphatic carbocycles. The molecule has 2 atom stereocenters. The fraction of sp³-hybridized carbons (Fsp3) is 1.00. The molecule has 1 aliphatic rings. The summed E-state index contributed by atoms with van der Waals surface area (Å²) in [6.07, 6.45) is 4.06. The molecule has 1 rings (SSSR count). The number of rotatable bonds is 6. The van der Waals surface area contributed by atoms with Gasteiger partial charge in [-0.05, 0) is 37.6 Å². The Morgan fingerprint density at radius 2 is 2.12 bits per heavy atom. The highest BCUT2D eigenvalue weighted by atomic mass is 15.1. The summed E-state index contributed by atoms with van der Waals surface area (Å²) in [5.41, 5.74) is 0. The van der Waals surface area contributed by atoms with Crippen LogP contribution < -0.4 is 5.32 Å². The van der Waals surface area contributed by atoms with Crippen molar-refractivity contribution in [2.24, 2.45) is 11.8 Å². The normalized spacial score (nSPS) is 24.9. The Morgan fingerprint density at radius 1 is 1.38 bits per heavy atom. The lowest BCUT2D eigenvalue weighted by molar-refractivity contribution is 0.181. The van der Waals surface area contributed by atoms with Crippen LogP contribution in [0.5, 0.6) is 0 Å². The first-order valence-electron chi connectivity index (χ1n) is 7.09. The molecular formula is C14H30N2. The van der Waals surface area contributed by atoms with Crippen LogP contribution in [0.2, 0.25) is 0 Å². The first-order chi connectivity index (χ1) is 7.63. The van der Waals surface area contributed by atoms with Crippen molar-refractivity contribution >= 4 is 0 Å². The molecule has 0 saturated carbocycles. The second kappa shape index (κ2) is 7.29. The molecule has 1 heterocycles. The Morgan fingerprint density at radius 3 is 2.69 bits per heavy atom. The zero-order valence-corrected chi connectivity index (χ0v) is 11.6. The molecule has 2 unspecified atom stereocenters. The zero-order valence-electron chi connectivity index (χ0n) is 11.6. The van der Waals surface area contributed by atoms with Gasteiger partial charge in [0.05, 0.1) is 0 Å². The van der Waals surface area contributed by atoms with Crippen LogP contribution in [0, 0.1) is 11.8 Å². The van der Waals surface area contributed by atoms with E-state index in [0.717, 1.165) is 18.4 Å². The van der Waals surface area contributed by atoms with Gasteiger partial charge < -0.3 is 10.2 Å². The van der Waals surface area contributed by atoms with Gasteiger partial charge in [0.2, 0.25) is 0 Å². The number of nitrogens with one attached hydrogen (secondary N) is 1. The van der Waals surface area contributed by atoms with Crippen LogP contribution in [0.25, 0.3) is 0 Å². The van der Waals surface area contributed by atoms with E-state index in [-0.39, 0.29) is 0 Å². The van der Waals surface area contributed by atoms with Gasteiger partial charge in [0.25, 0.3) is 0 Å². The summed E-state index contributed by atoms with van der Waals surface area (Å²) in [5, 5.41) is 3.69. The molecule has 0 aromatic rings. The van der Waals surface area contributed by atoms with Crippen molar-refractivity contribution < 1.29 is 0 Å². The second-order valence-electron chi connectivity index (χ2n) is 5.76. The van der Waals surface area contributed by atoms with Gasteiger partial charge in [0.1, 0.15) is 0 Å². The smallest absolute Gasteiger partial charge is 0.0107 e. The lowest BCUT2D eigenvalue weighted by Crippen LogP contribution is -2.42. The van der Waals surface area contributed by atoms with E-state index < -0.39 is 0 Å². The molecule has 0 amide bonds. The van der Waals surface area contributed by atoms with E-state index in [0.29, 0.717) is 6.04 Å². The summed E-state index contributed by atoms with van der Waals surface area (Å²) in [4.78, 5) is 2.62. The third-order valence-electron chi connectivity index (χ3n) is 3.82. The van der Waals surface area contributed by atoms with E-state index in [1.807, 2.05) is 0 Å². The molecule has 2 heteroatoms. The minimum absolute atomic E-state index is 0.696. The van der Waals surface area contributed by atoms with Crippen molar-refractivity contribution in [2.75, 3.05) is 26.2 Å². The van der Waals surface area contributed by atoms with Crippen molar-refractivity contribution in [3.8, 4) is 0 Å². The summed E-state index contributed by atoms with van der Waals surface area (Å²) >= 11 is 0. The summed E-state index contributed by atoms with van der Waals surface area (Å²) in [7, 11) is 0. The van der Waals surface area contributed by atoms with Gasteiger partial charge in [-0.25, -0.2) is 0 Å². The topological polar surface area (TPSA) is 15.3 Å². The lowest BCUT2D eigenvalue weighted by Gasteiger charge is -2.31. The van der Waals surface area contributed by atoms with E-state index >= 15 is 0 Å². The first-order valence-corrected chi connectivity index (χ1v) is 7.09. The molecule has 0 bridgehead atoms. The summed E-state index contributed by atoms with van der Waals surface area (Å²) in [6, 6.07) is 0.696. The predicted molar refractivity (Wildman–Crippen MR) is 71.8 cm³/mol. The van der Waals surface area contributed by atoms with Crippen molar-refractivity contribution in [2.45, 2.75) is 53.0 Å². The maximum Gasteiger partial charge on any atom is 0.0107 e. The van der Waals surface area contributed by atoms with Crippen LogP contribution in [0.3, 0.4) is 0 Å². The SMILES string of the molecule is CCC(NCCN1CCCC(C)C1)C(C)C. The van der Waals surface area contributed by atoms with Gasteiger partial charge in [0, 0.05) is 25.7 Å². The minimum atomic E-state index is 0.696. The summed E-state index contributed by atoms with van der Waals surface area (Å²) in [6.45, 7) is 14.3. The van der Waals surface area contributed by atoms with E-state index in [4.69, 9.17) is 0 Å². The van der Waals surface area contributed by atoms with Gasteiger partial charge in [-0.15, -0.1) is 0 Å². The van der Waals surface area contributed by atoms with E-state index in [1.165, 1.54) is 38.9 Å². The van der Waals surface area contributed by atoms with Crippen LogP contribution in [0.15, 0.2) is 0 Å². The van der Waals surface area contributed by atoms with Gasteiger partial charge in [0.15, 0.2) is 0 Å². The Balaban J connectivity index is 2.14. The average Bonchev–Trinajstić information content (AvgIpc) is 2.24. The van der Waals surface area contributed by atoms with Crippen LogP contribution in [-0.4, -0.2) is 37.1 Å². The number of hydrogen-bond donors (Lipinski definition) is 1. The molecule has 2 nitrogen and oxygen atoms in total. The fourth-order valence-electron chi connectivity index (χ4n) is 2.75. The largest absolute Gasteiger partial charge is 0.312 e. The minimum Gasteiger partial charge on any atom is -0.312 e. The standard InChI is InChI=1S/C14H30N2/c1-5-14(12(2)3)15-8-10-16-9-6-7-13(4)11-16/h12-15H,5-11H2,1-4H3. The molecule has 1 N–H and O–H groups in total. The summed E-state index contributed by atoms with van der Waals surface area (Å²) in [5.74, 6) is 1.66. The average molecular weight is 226 g/mol. The molecule has 1 fully saturated rings. The molecule has 0 aromatic carbocycles. The van der Waals surface area contributed by atoms with Crippen molar-refractivity contribution in [1.82, 2.24) is 10.2 Å². The molecule has 0 radical (unpaired) electrons. The van der Waals surface area contributed by atoms with E-state index in [9.17, 15) is 0 Å². The Labute approximate surface area is 102 Å². The monoisotopic (exact) mass is 226 g/mol. The number of nitrogens with zero attached hydrogens (tertiary/aromatic N) is 1. The van der Waals surface area contributed by atoms with Crippen molar-refractivity contribution in [3.05, 3.63) is 0 Å². The Kier molecular flexibility index (Phi) is 6.37. The van der Waals surface area contributed by atoms with E-state index in [1.54, 1.807) is 0 Å². The maximum absolute atomic E-state index is 3.69. The maximum atomic E-state index is 3.69. The molecule has 1 saturated heterocycles. The predicted octanol–water partition coefficient (Wildman–Crippen LogP) is 2.74. The van der Waals surface area contributed by atoms with Crippen LogP contribution in [0.4, 0.5) is 0 Å². The quantitative estimate of drug-likeness (QED) is 0.749. The third-order valence-corrected chi connectivity index (χ3v) is 3.82. The first kappa shape index (κ1) is 14.0. The van der Waals surface area contributed by atoms with Gasteiger partial charge in [-0.3, -0.25) is 0 Å². The Hall–Kier alpha value is -0.0800. The van der Waals surface area contributed by atoms with Crippen LogP contribution >= 0.6 is 0 Å².